The fourth-order valence-corrected chi connectivity index (χ4v) is 1.01. The first-order valence-electron chi connectivity index (χ1n) is 4.22. The number of carbonyl (C=O) groups is 2. The molecule has 0 aliphatic heterocycles. The summed E-state index contributed by atoms with van der Waals surface area (Å²) in [6.45, 7) is 2.18. The van der Waals surface area contributed by atoms with Gasteiger partial charge in [-0.2, -0.15) is 0 Å². The lowest BCUT2D eigenvalue weighted by atomic mass is 10.3. The Balaban J connectivity index is 2.29. The predicted octanol–water partition coefficient (Wildman–Crippen LogP) is -0.268. The van der Waals surface area contributed by atoms with Crippen molar-refractivity contribution >= 4 is 11.8 Å². The Bertz CT molecular complexity index is 344. The Morgan fingerprint density at radius 2 is 2.21 bits per heavy atom. The van der Waals surface area contributed by atoms with Crippen LogP contribution in [0.1, 0.15) is 11.5 Å². The molecule has 0 saturated heterocycles. The Labute approximate surface area is 81.3 Å². The minimum absolute atomic E-state index is 0.342. The number of hydrogen-bond acceptors (Lipinski definition) is 3. The molecule has 5 nitrogen and oxygen atoms in total. The van der Waals surface area contributed by atoms with Gasteiger partial charge in [-0.1, -0.05) is 0 Å². The zero-order chi connectivity index (χ0) is 10.6. The van der Waals surface area contributed by atoms with Crippen molar-refractivity contribution in [2.75, 3.05) is 6.54 Å². The topological polar surface area (TPSA) is 85.3 Å². The van der Waals surface area contributed by atoms with Crippen molar-refractivity contribution in [3.05, 3.63) is 23.7 Å². The lowest BCUT2D eigenvalue weighted by Gasteiger charge is -1.99. The molecule has 3 N–H and O–H groups in total. The van der Waals surface area contributed by atoms with Gasteiger partial charge >= 0.3 is 11.8 Å². The van der Waals surface area contributed by atoms with Crippen molar-refractivity contribution in [2.45, 2.75) is 13.3 Å². The van der Waals surface area contributed by atoms with E-state index >= 15 is 0 Å². The molecule has 0 aromatic carbocycles. The smallest absolute Gasteiger partial charge is 0.309 e. The summed E-state index contributed by atoms with van der Waals surface area (Å²) in [7, 11) is 0. The average Bonchev–Trinajstić information content (AvgIpc) is 2.51. The summed E-state index contributed by atoms with van der Waals surface area (Å²) in [6.07, 6.45) is 0.548. The van der Waals surface area contributed by atoms with Crippen molar-refractivity contribution in [3.8, 4) is 0 Å². The van der Waals surface area contributed by atoms with Crippen molar-refractivity contribution in [3.63, 3.8) is 0 Å². The van der Waals surface area contributed by atoms with E-state index in [2.05, 4.69) is 5.32 Å². The summed E-state index contributed by atoms with van der Waals surface area (Å²) < 4.78 is 5.26. The van der Waals surface area contributed by atoms with E-state index in [-0.39, 0.29) is 0 Å². The van der Waals surface area contributed by atoms with Crippen LogP contribution in [0.15, 0.2) is 16.5 Å². The van der Waals surface area contributed by atoms with E-state index in [9.17, 15) is 9.59 Å². The first-order valence-corrected chi connectivity index (χ1v) is 4.22. The van der Waals surface area contributed by atoms with E-state index < -0.39 is 11.8 Å². The summed E-state index contributed by atoms with van der Waals surface area (Å²) in [4.78, 5) is 21.1. The number of furan rings is 1. The molecule has 0 aliphatic carbocycles. The molecule has 5 heteroatoms. The second-order valence-corrected chi connectivity index (χ2v) is 2.88. The summed E-state index contributed by atoms with van der Waals surface area (Å²) in [5, 5.41) is 2.37. The highest BCUT2D eigenvalue weighted by molar-refractivity contribution is 6.34. The number of primary amides is 1. The van der Waals surface area contributed by atoms with Crippen LogP contribution in [0.2, 0.25) is 0 Å². The number of amides is 2. The van der Waals surface area contributed by atoms with E-state index in [0.717, 1.165) is 11.5 Å². The van der Waals surface area contributed by atoms with Crippen LogP contribution in [0, 0.1) is 6.92 Å². The van der Waals surface area contributed by atoms with Gasteiger partial charge < -0.3 is 15.5 Å². The molecule has 1 aromatic heterocycles. The van der Waals surface area contributed by atoms with E-state index in [1.807, 2.05) is 19.1 Å². The molecule has 0 radical (unpaired) electrons. The minimum Gasteiger partial charge on any atom is -0.466 e. The fourth-order valence-electron chi connectivity index (χ4n) is 1.01. The maximum absolute atomic E-state index is 10.7. The van der Waals surface area contributed by atoms with Crippen molar-refractivity contribution in [1.29, 1.82) is 0 Å². The highest BCUT2D eigenvalue weighted by atomic mass is 16.3. The number of carbonyl (C=O) groups excluding carboxylic acids is 2. The van der Waals surface area contributed by atoms with Crippen LogP contribution in [0.4, 0.5) is 0 Å². The van der Waals surface area contributed by atoms with E-state index in [1.165, 1.54) is 0 Å². The second-order valence-electron chi connectivity index (χ2n) is 2.88. The van der Waals surface area contributed by atoms with Crippen LogP contribution in [0.3, 0.4) is 0 Å². The second kappa shape index (κ2) is 4.45. The lowest BCUT2D eigenvalue weighted by Crippen LogP contribution is -2.36. The molecule has 1 heterocycles. The highest BCUT2D eigenvalue weighted by Gasteiger charge is 2.07. The van der Waals surface area contributed by atoms with Gasteiger partial charge in [0.25, 0.3) is 0 Å². The first kappa shape index (κ1) is 10.3. The van der Waals surface area contributed by atoms with Gasteiger partial charge in [0.15, 0.2) is 0 Å². The molecule has 0 spiro atoms. The maximum Gasteiger partial charge on any atom is 0.309 e. The van der Waals surface area contributed by atoms with Crippen molar-refractivity contribution in [2.24, 2.45) is 5.73 Å². The number of aryl methyl sites for hydroxylation is 1. The summed E-state index contributed by atoms with van der Waals surface area (Å²) >= 11 is 0. The standard InChI is InChI=1S/C9H12N2O3/c1-6-2-3-7(14-6)4-5-11-9(13)8(10)12/h2-3H,4-5H2,1H3,(H2,10,12)(H,11,13). The number of nitrogens with one attached hydrogen (secondary N) is 1. The molecule has 1 rings (SSSR count). The molecular formula is C9H12N2O3. The molecule has 76 valence electrons. The van der Waals surface area contributed by atoms with Gasteiger partial charge in [0.2, 0.25) is 0 Å². The van der Waals surface area contributed by atoms with Crippen LogP contribution in [0.5, 0.6) is 0 Å². The SMILES string of the molecule is Cc1ccc(CCNC(=O)C(N)=O)o1. The summed E-state index contributed by atoms with van der Waals surface area (Å²) in [5.74, 6) is -0.151. The van der Waals surface area contributed by atoms with Crippen LogP contribution < -0.4 is 11.1 Å². The molecule has 0 saturated carbocycles. The normalized spacial score (nSPS) is 9.79. The van der Waals surface area contributed by atoms with Crippen LogP contribution in [0.25, 0.3) is 0 Å². The highest BCUT2D eigenvalue weighted by Crippen LogP contribution is 2.05. The van der Waals surface area contributed by atoms with Gasteiger partial charge in [-0.15, -0.1) is 0 Å². The zero-order valence-corrected chi connectivity index (χ0v) is 7.87. The van der Waals surface area contributed by atoms with Gasteiger partial charge in [-0.25, -0.2) is 0 Å². The van der Waals surface area contributed by atoms with Gasteiger partial charge in [-0.05, 0) is 19.1 Å². The quantitative estimate of drug-likeness (QED) is 0.652. The third-order valence-electron chi connectivity index (χ3n) is 1.68. The van der Waals surface area contributed by atoms with Gasteiger partial charge in [0.1, 0.15) is 11.5 Å². The molecular weight excluding hydrogens is 184 g/mol. The Morgan fingerprint density at radius 1 is 1.50 bits per heavy atom. The van der Waals surface area contributed by atoms with Crippen molar-refractivity contribution < 1.29 is 14.0 Å². The lowest BCUT2D eigenvalue weighted by molar-refractivity contribution is -0.137. The Hall–Kier alpha value is -1.78. The molecule has 0 bridgehead atoms. The molecule has 1 aromatic rings. The number of nitrogens with two attached hydrogens (primary N) is 1. The third kappa shape index (κ3) is 2.93. The van der Waals surface area contributed by atoms with E-state index in [4.69, 9.17) is 10.2 Å². The molecule has 14 heavy (non-hydrogen) atoms. The first-order chi connectivity index (χ1) is 6.59. The summed E-state index contributed by atoms with van der Waals surface area (Å²) in [6, 6.07) is 3.66. The predicted molar refractivity (Wildman–Crippen MR) is 49.4 cm³/mol. The van der Waals surface area contributed by atoms with E-state index in [0.29, 0.717) is 13.0 Å². The van der Waals surface area contributed by atoms with Gasteiger partial charge in [-0.3, -0.25) is 9.59 Å². The van der Waals surface area contributed by atoms with Gasteiger partial charge in [0.05, 0.1) is 0 Å². The minimum atomic E-state index is -0.972. The third-order valence-corrected chi connectivity index (χ3v) is 1.68. The Kier molecular flexibility index (Phi) is 3.28. The zero-order valence-electron chi connectivity index (χ0n) is 7.87. The molecule has 0 aliphatic rings. The average molecular weight is 196 g/mol. The van der Waals surface area contributed by atoms with Crippen LogP contribution in [-0.2, 0) is 16.0 Å². The Morgan fingerprint density at radius 3 is 2.71 bits per heavy atom. The van der Waals surface area contributed by atoms with Crippen LogP contribution in [-0.4, -0.2) is 18.4 Å². The monoisotopic (exact) mass is 196 g/mol. The molecule has 0 unspecified atom stereocenters. The van der Waals surface area contributed by atoms with Crippen LogP contribution >= 0.6 is 0 Å². The maximum atomic E-state index is 10.7. The molecule has 0 atom stereocenters. The molecule has 0 fully saturated rings. The molecule has 2 amide bonds. The number of rotatable bonds is 3. The fraction of sp³-hybridized carbons (Fsp3) is 0.333. The van der Waals surface area contributed by atoms with E-state index in [1.54, 1.807) is 0 Å². The van der Waals surface area contributed by atoms with Crippen molar-refractivity contribution in [1.82, 2.24) is 5.32 Å². The summed E-state index contributed by atoms with van der Waals surface area (Å²) in [5.41, 5.74) is 4.75. The van der Waals surface area contributed by atoms with Gasteiger partial charge in [0, 0.05) is 13.0 Å². The largest absolute Gasteiger partial charge is 0.466 e. The number of hydrogen-bond donors (Lipinski definition) is 2.